The van der Waals surface area contributed by atoms with Gasteiger partial charge in [-0.25, -0.2) is 0 Å². The SMILES string of the molecule is CC1CC(c2cccc(-n3cc(C4CC4)c4cc[nH]c4c3=O)c2)(c2nncn2C)C1. The average Bonchev–Trinajstić information content (AvgIpc) is 3.27. The molecule has 1 N–H and O–H groups in total. The summed E-state index contributed by atoms with van der Waals surface area (Å²) in [5.41, 5.74) is 3.96. The van der Waals surface area contributed by atoms with Gasteiger partial charge in [-0.15, -0.1) is 10.2 Å². The molecule has 1 aromatic carbocycles. The van der Waals surface area contributed by atoms with E-state index in [1.807, 2.05) is 34.5 Å². The molecular weight excluding hydrogens is 374 g/mol. The molecule has 0 atom stereocenters. The Kier molecular flexibility index (Phi) is 3.64. The van der Waals surface area contributed by atoms with E-state index in [1.54, 1.807) is 6.33 Å². The van der Waals surface area contributed by atoms with Crippen molar-refractivity contribution in [3.05, 3.63) is 76.4 Å². The van der Waals surface area contributed by atoms with Gasteiger partial charge in [0.1, 0.15) is 17.7 Å². The van der Waals surface area contributed by atoms with Gasteiger partial charge in [0.25, 0.3) is 5.56 Å². The molecular formula is C24H25N5O. The van der Waals surface area contributed by atoms with Crippen LogP contribution in [-0.4, -0.2) is 24.3 Å². The molecule has 0 radical (unpaired) electrons. The number of nitrogens with one attached hydrogen (secondary N) is 1. The van der Waals surface area contributed by atoms with Crippen molar-refractivity contribution in [1.29, 1.82) is 0 Å². The maximum atomic E-state index is 13.3. The fourth-order valence-electron chi connectivity index (χ4n) is 5.43. The second kappa shape index (κ2) is 6.17. The highest BCUT2D eigenvalue weighted by molar-refractivity contribution is 5.83. The van der Waals surface area contributed by atoms with Crippen molar-refractivity contribution in [3.63, 3.8) is 0 Å². The molecule has 2 fully saturated rings. The molecule has 30 heavy (non-hydrogen) atoms. The highest BCUT2D eigenvalue weighted by Crippen LogP contribution is 2.51. The number of rotatable bonds is 4. The molecule has 2 aliphatic rings. The number of hydrogen-bond donors (Lipinski definition) is 1. The lowest BCUT2D eigenvalue weighted by Gasteiger charge is -2.46. The van der Waals surface area contributed by atoms with Crippen LogP contribution in [0.1, 0.15) is 55.5 Å². The Hall–Kier alpha value is -3.15. The Balaban J connectivity index is 1.52. The number of fused-ring (bicyclic) bond motifs is 1. The summed E-state index contributed by atoms with van der Waals surface area (Å²) < 4.78 is 3.85. The van der Waals surface area contributed by atoms with E-state index >= 15 is 0 Å². The third-order valence-corrected chi connectivity index (χ3v) is 6.99. The Labute approximate surface area is 174 Å². The average molecular weight is 399 g/mol. The summed E-state index contributed by atoms with van der Waals surface area (Å²) in [6.07, 6.45) is 10.2. The second-order valence-corrected chi connectivity index (χ2v) is 9.21. The lowest BCUT2D eigenvalue weighted by Crippen LogP contribution is -2.43. The molecule has 0 aliphatic heterocycles. The quantitative estimate of drug-likeness (QED) is 0.563. The van der Waals surface area contributed by atoms with E-state index in [9.17, 15) is 4.79 Å². The molecule has 3 heterocycles. The Morgan fingerprint density at radius 3 is 2.73 bits per heavy atom. The van der Waals surface area contributed by atoms with Crippen LogP contribution in [0, 0.1) is 5.92 Å². The fraction of sp³-hybridized carbons (Fsp3) is 0.375. The van der Waals surface area contributed by atoms with Gasteiger partial charge in [-0.3, -0.25) is 9.36 Å². The summed E-state index contributed by atoms with van der Waals surface area (Å²) >= 11 is 0. The van der Waals surface area contributed by atoms with Crippen molar-refractivity contribution in [2.24, 2.45) is 13.0 Å². The lowest BCUT2D eigenvalue weighted by atomic mass is 9.58. The first-order valence-electron chi connectivity index (χ1n) is 10.7. The number of aromatic amines is 1. The minimum atomic E-state index is -0.139. The van der Waals surface area contributed by atoms with Crippen LogP contribution >= 0.6 is 0 Å². The highest BCUT2D eigenvalue weighted by atomic mass is 16.1. The molecule has 0 spiro atoms. The molecule has 4 aromatic rings. The number of H-pyrrole nitrogens is 1. The van der Waals surface area contributed by atoms with Gasteiger partial charge >= 0.3 is 0 Å². The van der Waals surface area contributed by atoms with E-state index in [2.05, 4.69) is 46.5 Å². The Morgan fingerprint density at radius 2 is 2.03 bits per heavy atom. The number of aromatic nitrogens is 5. The van der Waals surface area contributed by atoms with Gasteiger partial charge in [-0.1, -0.05) is 19.1 Å². The Morgan fingerprint density at radius 1 is 1.20 bits per heavy atom. The zero-order chi connectivity index (χ0) is 20.5. The van der Waals surface area contributed by atoms with Gasteiger partial charge in [-0.2, -0.15) is 0 Å². The molecule has 2 saturated carbocycles. The monoisotopic (exact) mass is 399 g/mol. The summed E-state index contributed by atoms with van der Waals surface area (Å²) in [7, 11) is 2.01. The molecule has 0 saturated heterocycles. The van der Waals surface area contributed by atoms with Crippen LogP contribution in [-0.2, 0) is 12.5 Å². The van der Waals surface area contributed by atoms with Crippen LogP contribution in [0.15, 0.2) is 53.8 Å². The minimum Gasteiger partial charge on any atom is -0.357 e. The third kappa shape index (κ3) is 2.46. The summed E-state index contributed by atoms with van der Waals surface area (Å²) in [5, 5.41) is 9.66. The molecule has 6 rings (SSSR count). The van der Waals surface area contributed by atoms with Gasteiger partial charge in [0.15, 0.2) is 0 Å². The first kappa shape index (κ1) is 17.7. The smallest absolute Gasteiger partial charge is 0.279 e. The number of pyridine rings is 1. The first-order valence-corrected chi connectivity index (χ1v) is 10.7. The van der Waals surface area contributed by atoms with E-state index in [-0.39, 0.29) is 11.0 Å². The predicted octanol–water partition coefficient (Wildman–Crippen LogP) is 4.04. The largest absolute Gasteiger partial charge is 0.357 e. The summed E-state index contributed by atoms with van der Waals surface area (Å²) in [4.78, 5) is 16.4. The molecule has 3 aromatic heterocycles. The van der Waals surface area contributed by atoms with Crippen molar-refractivity contribution in [2.45, 2.75) is 43.9 Å². The van der Waals surface area contributed by atoms with Gasteiger partial charge < -0.3 is 9.55 Å². The molecule has 0 bridgehead atoms. The van der Waals surface area contributed by atoms with E-state index < -0.39 is 0 Å². The van der Waals surface area contributed by atoms with Gasteiger partial charge in [-0.05, 0) is 66.8 Å². The Bertz CT molecular complexity index is 1320. The fourth-order valence-corrected chi connectivity index (χ4v) is 5.43. The van der Waals surface area contributed by atoms with Crippen LogP contribution in [0.4, 0.5) is 0 Å². The molecule has 152 valence electrons. The van der Waals surface area contributed by atoms with E-state index in [0.717, 1.165) is 29.7 Å². The summed E-state index contributed by atoms with van der Waals surface area (Å²) in [5.74, 6) is 2.21. The molecule has 6 nitrogen and oxygen atoms in total. The van der Waals surface area contributed by atoms with Crippen LogP contribution in [0.25, 0.3) is 16.6 Å². The van der Waals surface area contributed by atoms with Crippen molar-refractivity contribution in [3.8, 4) is 5.69 Å². The van der Waals surface area contributed by atoms with Crippen LogP contribution < -0.4 is 5.56 Å². The van der Waals surface area contributed by atoms with E-state index in [0.29, 0.717) is 17.4 Å². The lowest BCUT2D eigenvalue weighted by molar-refractivity contribution is 0.185. The predicted molar refractivity (Wildman–Crippen MR) is 116 cm³/mol. The highest BCUT2D eigenvalue weighted by Gasteiger charge is 2.48. The van der Waals surface area contributed by atoms with E-state index in [4.69, 9.17) is 0 Å². The minimum absolute atomic E-state index is 0.00577. The molecule has 0 amide bonds. The zero-order valence-electron chi connectivity index (χ0n) is 17.3. The summed E-state index contributed by atoms with van der Waals surface area (Å²) in [6, 6.07) is 10.5. The topological polar surface area (TPSA) is 68.5 Å². The second-order valence-electron chi connectivity index (χ2n) is 9.21. The standard InChI is InChI=1S/C24H25N5O/c1-15-11-24(12-15,23-27-26-14-28(23)2)17-4-3-5-18(10-17)29-13-20(16-6-7-16)19-8-9-25-21(19)22(29)30/h3-5,8-10,13-16,25H,6-7,11-12H2,1-2H3. The van der Waals surface area contributed by atoms with Crippen LogP contribution in [0.5, 0.6) is 0 Å². The van der Waals surface area contributed by atoms with Crippen molar-refractivity contribution in [2.75, 3.05) is 0 Å². The van der Waals surface area contributed by atoms with Crippen molar-refractivity contribution in [1.82, 2.24) is 24.3 Å². The van der Waals surface area contributed by atoms with Gasteiger partial charge in [0.05, 0.1) is 5.41 Å². The van der Waals surface area contributed by atoms with Crippen LogP contribution in [0.3, 0.4) is 0 Å². The van der Waals surface area contributed by atoms with E-state index in [1.165, 1.54) is 24.0 Å². The number of aryl methyl sites for hydroxylation is 1. The normalized spacial score (nSPS) is 23.6. The third-order valence-electron chi connectivity index (χ3n) is 6.99. The maximum Gasteiger partial charge on any atom is 0.279 e. The van der Waals surface area contributed by atoms with Gasteiger partial charge in [0, 0.05) is 30.5 Å². The molecule has 0 unspecified atom stereocenters. The maximum absolute atomic E-state index is 13.3. The molecule has 2 aliphatic carbocycles. The molecule has 6 heteroatoms. The van der Waals surface area contributed by atoms with Gasteiger partial charge in [0.2, 0.25) is 0 Å². The van der Waals surface area contributed by atoms with Crippen molar-refractivity contribution < 1.29 is 0 Å². The van der Waals surface area contributed by atoms with Crippen molar-refractivity contribution >= 4 is 10.9 Å². The number of benzene rings is 1. The summed E-state index contributed by atoms with van der Waals surface area (Å²) in [6.45, 7) is 2.28. The zero-order valence-corrected chi connectivity index (χ0v) is 17.3. The van der Waals surface area contributed by atoms with Crippen LogP contribution in [0.2, 0.25) is 0 Å². The number of nitrogens with zero attached hydrogens (tertiary/aromatic N) is 4. The number of hydrogen-bond acceptors (Lipinski definition) is 3. The first-order chi connectivity index (χ1) is 14.6.